The number of nitrogens with one attached hydrogen (secondary N) is 2. The van der Waals surface area contributed by atoms with Crippen LogP contribution in [-0.2, 0) is 0 Å². The van der Waals surface area contributed by atoms with Gasteiger partial charge in [-0.15, -0.1) is 0 Å². The maximum Gasteiger partial charge on any atom is 0.276 e. The Morgan fingerprint density at radius 3 is 2.86 bits per heavy atom. The van der Waals surface area contributed by atoms with Gasteiger partial charge in [0.25, 0.3) is 5.91 Å². The van der Waals surface area contributed by atoms with Crippen LogP contribution in [0.25, 0.3) is 10.9 Å². The van der Waals surface area contributed by atoms with Gasteiger partial charge in [0.1, 0.15) is 0 Å². The molecule has 0 bridgehead atoms. The van der Waals surface area contributed by atoms with Gasteiger partial charge in [0, 0.05) is 22.8 Å². The Labute approximate surface area is 122 Å². The molecule has 2 aromatic heterocycles. The molecule has 0 saturated heterocycles. The normalized spacial score (nSPS) is 11.2. The number of aryl methyl sites for hydroxylation is 1. The summed E-state index contributed by atoms with van der Waals surface area (Å²) >= 11 is 0. The minimum absolute atomic E-state index is 0.212. The van der Waals surface area contributed by atoms with Crippen molar-refractivity contribution in [3.8, 4) is 0 Å². The highest BCUT2D eigenvalue weighted by Crippen LogP contribution is 2.18. The van der Waals surface area contributed by atoms with E-state index in [9.17, 15) is 4.79 Å². The predicted molar refractivity (Wildman–Crippen MR) is 81.4 cm³/mol. The van der Waals surface area contributed by atoms with E-state index in [2.05, 4.69) is 20.6 Å². The molecule has 0 spiro atoms. The number of nitrogens with zero attached hydrogens (tertiary/aromatic N) is 3. The fourth-order valence-electron chi connectivity index (χ4n) is 2.33. The largest absolute Gasteiger partial charge is 0.321 e. The van der Waals surface area contributed by atoms with E-state index in [0.717, 1.165) is 16.6 Å². The molecule has 0 atom stereocenters. The number of carbonyl (C=O) groups is 1. The van der Waals surface area contributed by atoms with E-state index in [1.54, 1.807) is 12.3 Å². The van der Waals surface area contributed by atoms with Crippen LogP contribution >= 0.6 is 0 Å². The fourth-order valence-corrected chi connectivity index (χ4v) is 2.33. The van der Waals surface area contributed by atoms with Crippen LogP contribution < -0.4 is 5.32 Å². The number of H-pyrrole nitrogens is 1. The van der Waals surface area contributed by atoms with Gasteiger partial charge < -0.3 is 5.32 Å². The molecule has 0 aliphatic rings. The number of carbonyl (C=O) groups excluding carboxylic acids is 1. The molecule has 6 nitrogen and oxygen atoms in total. The number of amides is 1. The topological polar surface area (TPSA) is 75.6 Å². The maximum absolute atomic E-state index is 12.3. The molecule has 6 heteroatoms. The van der Waals surface area contributed by atoms with Crippen molar-refractivity contribution in [1.82, 2.24) is 20.0 Å². The Morgan fingerprint density at radius 1 is 1.33 bits per heavy atom. The molecule has 0 aliphatic carbocycles. The van der Waals surface area contributed by atoms with Crippen LogP contribution in [0, 0.1) is 6.92 Å². The highest BCUT2D eigenvalue weighted by Gasteiger charge is 2.14. The second-order valence-corrected chi connectivity index (χ2v) is 5.34. The summed E-state index contributed by atoms with van der Waals surface area (Å²) < 4.78 is 1.84. The Kier molecular flexibility index (Phi) is 3.21. The quantitative estimate of drug-likeness (QED) is 0.776. The minimum atomic E-state index is -0.212. The molecular weight excluding hydrogens is 266 g/mol. The monoisotopic (exact) mass is 283 g/mol. The zero-order valence-corrected chi connectivity index (χ0v) is 12.2. The fraction of sp³-hybridized carbons (Fsp3) is 0.267. The number of hydrogen-bond donors (Lipinski definition) is 2. The molecule has 2 heterocycles. The van der Waals surface area contributed by atoms with E-state index < -0.39 is 0 Å². The SMILES string of the molecule is Cc1cc(C(=O)Nc2ccc3cn[nH]c3c2)nn1C(C)C. The maximum atomic E-state index is 12.3. The van der Waals surface area contributed by atoms with Gasteiger partial charge in [0.05, 0.1) is 11.7 Å². The van der Waals surface area contributed by atoms with Gasteiger partial charge >= 0.3 is 0 Å². The molecule has 3 rings (SSSR count). The van der Waals surface area contributed by atoms with Gasteiger partial charge in [0.15, 0.2) is 5.69 Å². The summed E-state index contributed by atoms with van der Waals surface area (Å²) in [5.41, 5.74) is 3.00. The Balaban J connectivity index is 1.83. The Hall–Kier alpha value is -2.63. The first-order chi connectivity index (χ1) is 10.0. The molecule has 108 valence electrons. The zero-order chi connectivity index (χ0) is 15.0. The molecule has 1 aromatic carbocycles. The summed E-state index contributed by atoms with van der Waals surface area (Å²) in [6.45, 7) is 6.02. The van der Waals surface area contributed by atoms with Crippen LogP contribution in [0.15, 0.2) is 30.5 Å². The van der Waals surface area contributed by atoms with E-state index >= 15 is 0 Å². The molecule has 2 N–H and O–H groups in total. The summed E-state index contributed by atoms with van der Waals surface area (Å²) in [6, 6.07) is 7.64. The van der Waals surface area contributed by atoms with E-state index in [1.165, 1.54) is 0 Å². The second-order valence-electron chi connectivity index (χ2n) is 5.34. The number of anilines is 1. The summed E-state index contributed by atoms with van der Waals surface area (Å²) in [5.74, 6) is -0.212. The molecule has 0 unspecified atom stereocenters. The van der Waals surface area contributed by atoms with Crippen molar-refractivity contribution in [2.75, 3.05) is 5.32 Å². The van der Waals surface area contributed by atoms with Crippen LogP contribution in [0.5, 0.6) is 0 Å². The van der Waals surface area contributed by atoms with Crippen molar-refractivity contribution < 1.29 is 4.79 Å². The van der Waals surface area contributed by atoms with Crippen molar-refractivity contribution in [3.05, 3.63) is 41.9 Å². The summed E-state index contributed by atoms with van der Waals surface area (Å²) in [5, 5.41) is 15.0. The average molecular weight is 283 g/mol. The van der Waals surface area contributed by atoms with Gasteiger partial charge in [-0.05, 0) is 45.0 Å². The molecular formula is C15H17N5O. The van der Waals surface area contributed by atoms with Gasteiger partial charge in [-0.25, -0.2) is 0 Å². The van der Waals surface area contributed by atoms with Gasteiger partial charge in [-0.3, -0.25) is 14.6 Å². The minimum Gasteiger partial charge on any atom is -0.321 e. The third-order valence-corrected chi connectivity index (χ3v) is 3.34. The molecule has 0 fully saturated rings. The van der Waals surface area contributed by atoms with Crippen molar-refractivity contribution in [2.24, 2.45) is 0 Å². The van der Waals surface area contributed by atoms with Crippen molar-refractivity contribution >= 4 is 22.5 Å². The third kappa shape index (κ3) is 2.52. The summed E-state index contributed by atoms with van der Waals surface area (Å²) in [4.78, 5) is 12.3. The number of benzene rings is 1. The molecule has 0 aliphatic heterocycles. The number of hydrogen-bond acceptors (Lipinski definition) is 3. The van der Waals surface area contributed by atoms with Crippen LogP contribution in [0.1, 0.15) is 36.1 Å². The number of aromatic nitrogens is 4. The first kappa shape index (κ1) is 13.4. The lowest BCUT2D eigenvalue weighted by atomic mass is 10.2. The third-order valence-electron chi connectivity index (χ3n) is 3.34. The lowest BCUT2D eigenvalue weighted by molar-refractivity contribution is 0.102. The highest BCUT2D eigenvalue weighted by molar-refractivity contribution is 6.03. The van der Waals surface area contributed by atoms with Crippen molar-refractivity contribution in [1.29, 1.82) is 0 Å². The molecule has 21 heavy (non-hydrogen) atoms. The molecule has 0 saturated carbocycles. The second kappa shape index (κ2) is 5.05. The van der Waals surface area contributed by atoms with Gasteiger partial charge in [-0.1, -0.05) is 0 Å². The predicted octanol–water partition coefficient (Wildman–Crippen LogP) is 2.90. The van der Waals surface area contributed by atoms with Gasteiger partial charge in [-0.2, -0.15) is 10.2 Å². The smallest absolute Gasteiger partial charge is 0.276 e. The lowest BCUT2D eigenvalue weighted by Crippen LogP contribution is -2.14. The Bertz CT molecular complexity index is 799. The summed E-state index contributed by atoms with van der Waals surface area (Å²) in [6.07, 6.45) is 1.74. The lowest BCUT2D eigenvalue weighted by Gasteiger charge is -2.07. The van der Waals surface area contributed by atoms with Gasteiger partial charge in [0.2, 0.25) is 0 Å². The first-order valence-electron chi connectivity index (χ1n) is 6.85. The van der Waals surface area contributed by atoms with Crippen LogP contribution in [0.2, 0.25) is 0 Å². The standard InChI is InChI=1S/C15H17N5O/c1-9(2)20-10(3)6-14(19-20)15(21)17-12-5-4-11-8-16-18-13(11)7-12/h4-9H,1-3H3,(H,16,18)(H,17,21). The van der Waals surface area contributed by atoms with Crippen LogP contribution in [0.4, 0.5) is 5.69 Å². The zero-order valence-electron chi connectivity index (χ0n) is 12.2. The highest BCUT2D eigenvalue weighted by atomic mass is 16.1. The summed E-state index contributed by atoms with van der Waals surface area (Å²) in [7, 11) is 0. The molecule has 0 radical (unpaired) electrons. The first-order valence-corrected chi connectivity index (χ1v) is 6.85. The number of aromatic amines is 1. The van der Waals surface area contributed by atoms with Crippen LogP contribution in [0.3, 0.4) is 0 Å². The van der Waals surface area contributed by atoms with E-state index in [1.807, 2.05) is 43.7 Å². The number of fused-ring (bicyclic) bond motifs is 1. The van der Waals surface area contributed by atoms with Crippen molar-refractivity contribution in [3.63, 3.8) is 0 Å². The Morgan fingerprint density at radius 2 is 2.14 bits per heavy atom. The molecule has 1 amide bonds. The van der Waals surface area contributed by atoms with E-state index in [4.69, 9.17) is 0 Å². The average Bonchev–Trinajstić information content (AvgIpc) is 3.04. The van der Waals surface area contributed by atoms with Crippen molar-refractivity contribution in [2.45, 2.75) is 26.8 Å². The molecule has 3 aromatic rings. The van der Waals surface area contributed by atoms with Crippen LogP contribution in [-0.4, -0.2) is 25.9 Å². The van der Waals surface area contributed by atoms with E-state index in [-0.39, 0.29) is 11.9 Å². The number of rotatable bonds is 3. The van der Waals surface area contributed by atoms with E-state index in [0.29, 0.717) is 11.4 Å².